The lowest BCUT2D eigenvalue weighted by Crippen LogP contribution is -2.14. The minimum atomic E-state index is -0.309. The summed E-state index contributed by atoms with van der Waals surface area (Å²) < 4.78 is 5.86. The van der Waals surface area contributed by atoms with E-state index in [-0.39, 0.29) is 5.91 Å². The van der Waals surface area contributed by atoms with E-state index in [1.54, 1.807) is 36.5 Å². The molecule has 0 unspecified atom stereocenters. The van der Waals surface area contributed by atoms with E-state index in [9.17, 15) is 4.79 Å². The molecule has 5 heteroatoms. The predicted molar refractivity (Wildman–Crippen MR) is 104 cm³/mol. The van der Waals surface area contributed by atoms with Crippen molar-refractivity contribution < 1.29 is 9.53 Å². The zero-order valence-electron chi connectivity index (χ0n) is 14.2. The van der Waals surface area contributed by atoms with E-state index < -0.39 is 0 Å². The highest BCUT2D eigenvalue weighted by Gasteiger charge is 2.12. The Kier molecular flexibility index (Phi) is 5.62. The average Bonchev–Trinajstić information content (AvgIpc) is 2.69. The van der Waals surface area contributed by atoms with E-state index in [0.717, 1.165) is 5.69 Å². The number of hydrogen-bond acceptors (Lipinski definition) is 4. The first kappa shape index (κ1) is 17.2. The van der Waals surface area contributed by atoms with Crippen molar-refractivity contribution in [3.8, 4) is 11.5 Å². The topological polar surface area (TPSA) is 63.2 Å². The molecule has 0 bridgehead atoms. The third-order valence-electron chi connectivity index (χ3n) is 3.55. The minimum absolute atomic E-state index is 0.309. The SMILES string of the molecule is C=CCNc1ccnc(C(=O)Nc2ccccc2Oc2ccccc2)c1. The fraction of sp³-hybridized carbons (Fsp3) is 0.0476. The van der Waals surface area contributed by atoms with Gasteiger partial charge in [0, 0.05) is 18.4 Å². The van der Waals surface area contributed by atoms with Crippen molar-refractivity contribution >= 4 is 17.3 Å². The molecular formula is C21H19N3O2. The molecule has 1 aromatic heterocycles. The van der Waals surface area contributed by atoms with E-state index >= 15 is 0 Å². The molecule has 2 aromatic carbocycles. The lowest BCUT2D eigenvalue weighted by atomic mass is 10.2. The van der Waals surface area contributed by atoms with Crippen LogP contribution in [0.1, 0.15) is 10.5 Å². The molecule has 0 radical (unpaired) electrons. The molecule has 1 amide bonds. The normalized spacial score (nSPS) is 10.0. The molecule has 5 nitrogen and oxygen atoms in total. The second-order valence-electron chi connectivity index (χ2n) is 5.46. The highest BCUT2D eigenvalue weighted by molar-refractivity contribution is 6.04. The number of nitrogens with one attached hydrogen (secondary N) is 2. The van der Waals surface area contributed by atoms with Gasteiger partial charge in [-0.2, -0.15) is 0 Å². The fourth-order valence-electron chi connectivity index (χ4n) is 2.32. The summed E-state index contributed by atoms with van der Waals surface area (Å²) >= 11 is 0. The van der Waals surface area contributed by atoms with Gasteiger partial charge in [0.2, 0.25) is 0 Å². The maximum Gasteiger partial charge on any atom is 0.274 e. The molecule has 0 fully saturated rings. The monoisotopic (exact) mass is 345 g/mol. The predicted octanol–water partition coefficient (Wildman–Crippen LogP) is 4.72. The molecule has 0 saturated carbocycles. The van der Waals surface area contributed by atoms with Crippen molar-refractivity contribution in [3.05, 3.63) is 91.3 Å². The van der Waals surface area contributed by atoms with Gasteiger partial charge in [0.1, 0.15) is 11.4 Å². The fourth-order valence-corrected chi connectivity index (χ4v) is 2.32. The maximum atomic E-state index is 12.6. The summed E-state index contributed by atoms with van der Waals surface area (Å²) in [6.45, 7) is 4.27. The summed E-state index contributed by atoms with van der Waals surface area (Å²) in [5, 5.41) is 5.99. The van der Waals surface area contributed by atoms with E-state index in [2.05, 4.69) is 22.2 Å². The number of anilines is 2. The number of para-hydroxylation sites is 3. The first-order valence-corrected chi connectivity index (χ1v) is 8.20. The smallest absolute Gasteiger partial charge is 0.274 e. The molecule has 0 aliphatic rings. The van der Waals surface area contributed by atoms with Gasteiger partial charge >= 0.3 is 0 Å². The third kappa shape index (κ3) is 4.48. The number of hydrogen-bond donors (Lipinski definition) is 2. The van der Waals surface area contributed by atoms with Crippen LogP contribution in [0, 0.1) is 0 Å². The summed E-state index contributed by atoms with van der Waals surface area (Å²) in [5.41, 5.74) is 1.69. The van der Waals surface area contributed by atoms with E-state index in [1.165, 1.54) is 0 Å². The summed E-state index contributed by atoms with van der Waals surface area (Å²) in [5.74, 6) is 0.951. The van der Waals surface area contributed by atoms with Gasteiger partial charge < -0.3 is 15.4 Å². The number of benzene rings is 2. The molecule has 2 N–H and O–H groups in total. The van der Waals surface area contributed by atoms with Gasteiger partial charge in [-0.05, 0) is 36.4 Å². The van der Waals surface area contributed by atoms with Crippen LogP contribution in [-0.4, -0.2) is 17.4 Å². The lowest BCUT2D eigenvalue weighted by molar-refractivity contribution is 0.102. The van der Waals surface area contributed by atoms with Gasteiger partial charge in [0.05, 0.1) is 5.69 Å². The van der Waals surface area contributed by atoms with Crippen LogP contribution in [0.15, 0.2) is 85.6 Å². The Hall–Kier alpha value is -3.60. The Labute approximate surface area is 152 Å². The molecule has 26 heavy (non-hydrogen) atoms. The zero-order chi connectivity index (χ0) is 18.2. The zero-order valence-corrected chi connectivity index (χ0v) is 14.2. The van der Waals surface area contributed by atoms with Crippen LogP contribution in [-0.2, 0) is 0 Å². The third-order valence-corrected chi connectivity index (χ3v) is 3.55. The van der Waals surface area contributed by atoms with Crippen LogP contribution in [0.25, 0.3) is 0 Å². The second-order valence-corrected chi connectivity index (χ2v) is 5.46. The van der Waals surface area contributed by atoms with Crippen LogP contribution < -0.4 is 15.4 Å². The Morgan fingerprint density at radius 1 is 1.08 bits per heavy atom. The summed E-state index contributed by atoms with van der Waals surface area (Å²) in [7, 11) is 0. The molecule has 130 valence electrons. The van der Waals surface area contributed by atoms with Crippen molar-refractivity contribution in [2.45, 2.75) is 0 Å². The summed E-state index contributed by atoms with van der Waals surface area (Å²) in [4.78, 5) is 16.7. The Bertz CT molecular complexity index is 895. The Morgan fingerprint density at radius 2 is 1.85 bits per heavy atom. The van der Waals surface area contributed by atoms with Crippen molar-refractivity contribution in [2.24, 2.45) is 0 Å². The van der Waals surface area contributed by atoms with E-state index in [1.807, 2.05) is 42.5 Å². The van der Waals surface area contributed by atoms with Crippen LogP contribution in [0.2, 0.25) is 0 Å². The van der Waals surface area contributed by atoms with Crippen LogP contribution in [0.5, 0.6) is 11.5 Å². The van der Waals surface area contributed by atoms with Crippen molar-refractivity contribution in [2.75, 3.05) is 17.2 Å². The first-order chi connectivity index (χ1) is 12.8. The van der Waals surface area contributed by atoms with Crippen LogP contribution in [0.4, 0.5) is 11.4 Å². The van der Waals surface area contributed by atoms with Crippen LogP contribution >= 0.6 is 0 Å². The largest absolute Gasteiger partial charge is 0.455 e. The lowest BCUT2D eigenvalue weighted by Gasteiger charge is -2.12. The van der Waals surface area contributed by atoms with Crippen molar-refractivity contribution in [1.82, 2.24) is 4.98 Å². The van der Waals surface area contributed by atoms with Crippen molar-refractivity contribution in [1.29, 1.82) is 0 Å². The molecule has 3 rings (SSSR count). The number of carbonyl (C=O) groups is 1. The average molecular weight is 345 g/mol. The first-order valence-electron chi connectivity index (χ1n) is 8.20. The molecule has 0 saturated heterocycles. The summed E-state index contributed by atoms with van der Waals surface area (Å²) in [6.07, 6.45) is 3.34. The molecule has 0 aliphatic heterocycles. The minimum Gasteiger partial charge on any atom is -0.455 e. The van der Waals surface area contributed by atoms with Gasteiger partial charge in [0.25, 0.3) is 5.91 Å². The van der Waals surface area contributed by atoms with E-state index in [4.69, 9.17) is 4.74 Å². The number of aromatic nitrogens is 1. The molecule has 0 aliphatic carbocycles. The molecular weight excluding hydrogens is 326 g/mol. The quantitative estimate of drug-likeness (QED) is 0.608. The van der Waals surface area contributed by atoms with Gasteiger partial charge in [-0.3, -0.25) is 9.78 Å². The molecule has 0 spiro atoms. The highest BCUT2D eigenvalue weighted by Crippen LogP contribution is 2.29. The Balaban J connectivity index is 1.76. The number of carbonyl (C=O) groups excluding carboxylic acids is 1. The number of amides is 1. The van der Waals surface area contributed by atoms with Gasteiger partial charge in [0.15, 0.2) is 5.75 Å². The number of pyridine rings is 1. The standard InChI is InChI=1S/C21H19N3O2/c1-2-13-22-16-12-14-23-19(15-16)21(25)24-18-10-6-7-11-20(18)26-17-8-4-3-5-9-17/h2-12,14-15H,1,13H2,(H,22,23)(H,24,25). The van der Waals surface area contributed by atoms with Crippen molar-refractivity contribution in [3.63, 3.8) is 0 Å². The molecule has 1 heterocycles. The highest BCUT2D eigenvalue weighted by atomic mass is 16.5. The van der Waals surface area contributed by atoms with Gasteiger partial charge in [-0.25, -0.2) is 0 Å². The Morgan fingerprint density at radius 3 is 2.65 bits per heavy atom. The van der Waals surface area contributed by atoms with E-state index in [0.29, 0.717) is 29.4 Å². The number of rotatable bonds is 7. The number of nitrogens with zero attached hydrogens (tertiary/aromatic N) is 1. The summed E-state index contributed by atoms with van der Waals surface area (Å²) in [6, 6.07) is 20.2. The molecule has 3 aromatic rings. The van der Waals surface area contributed by atoms with Gasteiger partial charge in [-0.15, -0.1) is 6.58 Å². The van der Waals surface area contributed by atoms with Crippen LogP contribution in [0.3, 0.4) is 0 Å². The van der Waals surface area contributed by atoms with Gasteiger partial charge in [-0.1, -0.05) is 36.4 Å². The molecule has 0 atom stereocenters. The second kappa shape index (κ2) is 8.48. The maximum absolute atomic E-state index is 12.6. The number of ether oxygens (including phenoxy) is 1.